The largest absolute Gasteiger partial charge is 0.504 e. The monoisotopic (exact) mass is 221 g/mol. The molecule has 0 aromatic heterocycles. The van der Waals surface area contributed by atoms with Gasteiger partial charge in [0.1, 0.15) is 0 Å². The molecule has 2 rings (SSSR count). The smallest absolute Gasteiger partial charge is 0.160 e. The van der Waals surface area contributed by atoms with Crippen LogP contribution in [0, 0.1) is 5.92 Å². The molecule has 2 atom stereocenters. The van der Waals surface area contributed by atoms with Crippen LogP contribution in [0.3, 0.4) is 0 Å². The molecule has 0 radical (unpaired) electrons. The van der Waals surface area contributed by atoms with Crippen molar-refractivity contribution in [1.29, 1.82) is 0 Å². The van der Waals surface area contributed by atoms with Gasteiger partial charge >= 0.3 is 0 Å². The van der Waals surface area contributed by atoms with Crippen LogP contribution in [0.1, 0.15) is 24.5 Å². The van der Waals surface area contributed by atoms with E-state index in [4.69, 9.17) is 0 Å². The van der Waals surface area contributed by atoms with Gasteiger partial charge in [-0.15, -0.1) is 0 Å². The Morgan fingerprint density at radius 1 is 1.31 bits per heavy atom. The van der Waals surface area contributed by atoms with Gasteiger partial charge in [-0.25, -0.2) is 0 Å². The Hall–Kier alpha value is -1.22. The zero-order chi connectivity index (χ0) is 11.7. The van der Waals surface area contributed by atoms with Crippen molar-refractivity contribution in [3.8, 4) is 11.5 Å². The molecule has 1 aromatic carbocycles. The third kappa shape index (κ3) is 1.76. The molecule has 0 aliphatic heterocycles. The zero-order valence-electron chi connectivity index (χ0n) is 9.83. The van der Waals surface area contributed by atoms with Crippen molar-refractivity contribution in [2.75, 3.05) is 7.05 Å². The van der Waals surface area contributed by atoms with Crippen LogP contribution in [0.5, 0.6) is 11.5 Å². The molecule has 0 bridgehead atoms. The van der Waals surface area contributed by atoms with Gasteiger partial charge in [0.25, 0.3) is 0 Å². The Kier molecular flexibility index (Phi) is 3.06. The van der Waals surface area contributed by atoms with Gasteiger partial charge in [-0.2, -0.15) is 0 Å². The second-order valence-corrected chi connectivity index (χ2v) is 4.54. The standard InChI is InChI=1S/C13H19NO2/c1-3-8-6-10-9(7-11(8)14-2)4-5-12(15)13(10)16/h4-5,8,11,14-16H,3,6-7H2,1-2H3. The molecule has 0 saturated carbocycles. The Labute approximate surface area is 96.1 Å². The molecule has 2 unspecified atom stereocenters. The third-order valence-electron chi connectivity index (χ3n) is 3.73. The maximum Gasteiger partial charge on any atom is 0.160 e. The minimum absolute atomic E-state index is 0.00323. The molecule has 1 aliphatic rings. The molecule has 3 N–H and O–H groups in total. The quantitative estimate of drug-likeness (QED) is 0.668. The molecule has 0 spiro atoms. The van der Waals surface area contributed by atoms with Crippen LogP contribution in [0.2, 0.25) is 0 Å². The van der Waals surface area contributed by atoms with Crippen molar-refractivity contribution in [2.45, 2.75) is 32.2 Å². The lowest BCUT2D eigenvalue weighted by Gasteiger charge is -2.32. The second-order valence-electron chi connectivity index (χ2n) is 4.54. The molecule has 0 heterocycles. The molecule has 16 heavy (non-hydrogen) atoms. The number of aromatic hydroxyl groups is 2. The summed E-state index contributed by atoms with van der Waals surface area (Å²) in [6.45, 7) is 2.17. The number of nitrogens with one attached hydrogen (secondary N) is 1. The number of rotatable bonds is 2. The van der Waals surface area contributed by atoms with Gasteiger partial charge in [-0.3, -0.25) is 0 Å². The summed E-state index contributed by atoms with van der Waals surface area (Å²) >= 11 is 0. The first-order valence-electron chi connectivity index (χ1n) is 5.87. The molecule has 0 saturated heterocycles. The number of phenolic OH excluding ortho intramolecular Hbond substituents is 2. The van der Waals surface area contributed by atoms with Crippen molar-refractivity contribution in [3.05, 3.63) is 23.3 Å². The van der Waals surface area contributed by atoms with E-state index in [9.17, 15) is 10.2 Å². The number of hydrogen-bond donors (Lipinski definition) is 3. The van der Waals surface area contributed by atoms with Gasteiger partial charge in [-0.1, -0.05) is 19.4 Å². The van der Waals surface area contributed by atoms with Crippen LogP contribution >= 0.6 is 0 Å². The topological polar surface area (TPSA) is 52.5 Å². The minimum Gasteiger partial charge on any atom is -0.504 e. The van der Waals surface area contributed by atoms with E-state index in [1.165, 1.54) is 0 Å². The summed E-state index contributed by atoms with van der Waals surface area (Å²) in [6, 6.07) is 3.97. The lowest BCUT2D eigenvalue weighted by molar-refractivity contribution is 0.325. The number of benzene rings is 1. The van der Waals surface area contributed by atoms with Crippen LogP contribution in [-0.2, 0) is 12.8 Å². The molecule has 1 aromatic rings. The van der Waals surface area contributed by atoms with Crippen molar-refractivity contribution in [3.63, 3.8) is 0 Å². The van der Waals surface area contributed by atoms with Gasteiger partial charge < -0.3 is 15.5 Å². The number of likely N-dealkylation sites (N-methyl/N-ethyl adjacent to an activating group) is 1. The normalized spacial score (nSPS) is 24.1. The van der Waals surface area contributed by atoms with E-state index in [-0.39, 0.29) is 11.5 Å². The lowest BCUT2D eigenvalue weighted by Crippen LogP contribution is -2.39. The van der Waals surface area contributed by atoms with Gasteiger partial charge in [0, 0.05) is 11.6 Å². The molecule has 88 valence electrons. The molecular formula is C13H19NO2. The molecule has 0 fully saturated rings. The van der Waals surface area contributed by atoms with Gasteiger partial charge in [0.05, 0.1) is 0 Å². The Bertz CT molecular complexity index is 390. The van der Waals surface area contributed by atoms with Crippen molar-refractivity contribution in [1.82, 2.24) is 5.32 Å². The van der Waals surface area contributed by atoms with Crippen molar-refractivity contribution in [2.24, 2.45) is 5.92 Å². The molecule has 1 aliphatic carbocycles. The maximum absolute atomic E-state index is 9.85. The van der Waals surface area contributed by atoms with Crippen LogP contribution in [0.15, 0.2) is 12.1 Å². The Morgan fingerprint density at radius 3 is 2.69 bits per heavy atom. The average Bonchev–Trinajstić information content (AvgIpc) is 2.32. The van der Waals surface area contributed by atoms with Crippen LogP contribution in [0.4, 0.5) is 0 Å². The molecule has 3 nitrogen and oxygen atoms in total. The van der Waals surface area contributed by atoms with Gasteiger partial charge in [-0.05, 0) is 37.4 Å². The highest BCUT2D eigenvalue weighted by molar-refractivity contribution is 5.50. The third-order valence-corrected chi connectivity index (χ3v) is 3.73. The summed E-state index contributed by atoms with van der Waals surface area (Å²) in [4.78, 5) is 0. The first-order chi connectivity index (χ1) is 7.67. The lowest BCUT2D eigenvalue weighted by atomic mass is 9.78. The van der Waals surface area contributed by atoms with Crippen LogP contribution < -0.4 is 5.32 Å². The van der Waals surface area contributed by atoms with E-state index in [1.54, 1.807) is 6.07 Å². The van der Waals surface area contributed by atoms with Crippen LogP contribution in [-0.4, -0.2) is 23.3 Å². The van der Waals surface area contributed by atoms with Gasteiger partial charge in [0.15, 0.2) is 11.5 Å². The Morgan fingerprint density at radius 2 is 2.06 bits per heavy atom. The Balaban J connectivity index is 2.38. The summed E-state index contributed by atoms with van der Waals surface area (Å²) in [6.07, 6.45) is 2.86. The fourth-order valence-electron chi connectivity index (χ4n) is 2.66. The highest BCUT2D eigenvalue weighted by Gasteiger charge is 2.28. The first-order valence-corrected chi connectivity index (χ1v) is 5.87. The average molecular weight is 221 g/mol. The summed E-state index contributed by atoms with van der Waals surface area (Å²) in [7, 11) is 1.98. The summed E-state index contributed by atoms with van der Waals surface area (Å²) in [5, 5.41) is 22.7. The number of phenols is 2. The number of hydrogen-bond acceptors (Lipinski definition) is 3. The maximum atomic E-state index is 9.85. The van der Waals surface area contributed by atoms with E-state index in [0.717, 1.165) is 30.4 Å². The summed E-state index contributed by atoms with van der Waals surface area (Å²) in [5.74, 6) is 0.604. The van der Waals surface area contributed by atoms with E-state index >= 15 is 0 Å². The van der Waals surface area contributed by atoms with E-state index in [1.807, 2.05) is 13.1 Å². The fourth-order valence-corrected chi connectivity index (χ4v) is 2.66. The van der Waals surface area contributed by atoms with Crippen LogP contribution in [0.25, 0.3) is 0 Å². The predicted octanol–water partition coefficient (Wildman–Crippen LogP) is 1.81. The SMILES string of the molecule is CCC1Cc2c(ccc(O)c2O)CC1NC. The van der Waals surface area contributed by atoms with Crippen molar-refractivity contribution >= 4 is 0 Å². The molecule has 3 heteroatoms. The fraction of sp³-hybridized carbons (Fsp3) is 0.538. The predicted molar refractivity (Wildman–Crippen MR) is 63.8 cm³/mol. The molecular weight excluding hydrogens is 202 g/mol. The second kappa shape index (κ2) is 4.34. The highest BCUT2D eigenvalue weighted by atomic mass is 16.3. The molecule has 0 amide bonds. The van der Waals surface area contributed by atoms with Crippen molar-refractivity contribution < 1.29 is 10.2 Å². The number of fused-ring (bicyclic) bond motifs is 1. The highest BCUT2D eigenvalue weighted by Crippen LogP contribution is 2.38. The summed E-state index contributed by atoms with van der Waals surface area (Å²) < 4.78 is 0. The van der Waals surface area contributed by atoms with Gasteiger partial charge in [0.2, 0.25) is 0 Å². The van der Waals surface area contributed by atoms with E-state index < -0.39 is 0 Å². The minimum atomic E-state index is -0.00323. The van der Waals surface area contributed by atoms with E-state index in [0.29, 0.717) is 12.0 Å². The first kappa shape index (κ1) is 11.3. The zero-order valence-corrected chi connectivity index (χ0v) is 9.83. The summed E-state index contributed by atoms with van der Waals surface area (Å²) in [5.41, 5.74) is 2.08. The van der Waals surface area contributed by atoms with E-state index in [2.05, 4.69) is 12.2 Å².